The molecule has 0 saturated heterocycles. The van der Waals surface area contributed by atoms with E-state index in [1.54, 1.807) is 19.1 Å². The molecule has 2 aromatic carbocycles. The van der Waals surface area contributed by atoms with Crippen LogP contribution in [-0.2, 0) is 9.53 Å². The first-order valence-electron chi connectivity index (χ1n) is 9.41. The van der Waals surface area contributed by atoms with E-state index in [4.69, 9.17) is 4.74 Å². The van der Waals surface area contributed by atoms with Crippen molar-refractivity contribution in [1.29, 1.82) is 0 Å². The molecule has 2 aromatic rings. The van der Waals surface area contributed by atoms with E-state index in [0.29, 0.717) is 10.6 Å². The number of esters is 1. The van der Waals surface area contributed by atoms with Crippen molar-refractivity contribution in [2.24, 2.45) is 4.99 Å². The predicted octanol–water partition coefficient (Wildman–Crippen LogP) is 4.85. The third-order valence-corrected chi connectivity index (χ3v) is 5.37. The minimum atomic E-state index is -0.706. The van der Waals surface area contributed by atoms with Gasteiger partial charge >= 0.3 is 5.97 Å². The van der Waals surface area contributed by atoms with Crippen molar-refractivity contribution >= 4 is 45.9 Å². The van der Waals surface area contributed by atoms with Gasteiger partial charge in [-0.2, -0.15) is 0 Å². The molecule has 0 radical (unpaired) electrons. The second-order valence-electron chi connectivity index (χ2n) is 6.73. The van der Waals surface area contributed by atoms with Crippen LogP contribution in [0.15, 0.2) is 69.8 Å². The monoisotopic (exact) mass is 439 g/mol. The summed E-state index contributed by atoms with van der Waals surface area (Å²) >= 11 is 1.10. The van der Waals surface area contributed by atoms with Gasteiger partial charge in [-0.25, -0.2) is 9.79 Å². The first-order chi connectivity index (χ1) is 14.8. The molecule has 0 bridgehead atoms. The average molecular weight is 439 g/mol. The van der Waals surface area contributed by atoms with Gasteiger partial charge in [-0.05, 0) is 36.8 Å². The SMILES string of the molecule is CCOC(=O)C1=C(O)/C(=C\c2ccc(N(C)C)cc2)SC1=Nc1cccc([N+](=O)[O-])c1. The predicted molar refractivity (Wildman–Crippen MR) is 123 cm³/mol. The first kappa shape index (κ1) is 22.1. The highest BCUT2D eigenvalue weighted by Gasteiger charge is 2.33. The summed E-state index contributed by atoms with van der Waals surface area (Å²) in [5.41, 5.74) is 1.98. The molecule has 3 rings (SSSR count). The zero-order valence-corrected chi connectivity index (χ0v) is 18.0. The van der Waals surface area contributed by atoms with Gasteiger partial charge in [0.15, 0.2) is 0 Å². The number of anilines is 1. The number of aliphatic imine (C=N–C) groups is 1. The Kier molecular flexibility index (Phi) is 6.76. The molecule has 0 aromatic heterocycles. The number of nitro groups is 1. The molecule has 31 heavy (non-hydrogen) atoms. The van der Waals surface area contributed by atoms with Crippen molar-refractivity contribution in [3.63, 3.8) is 0 Å². The van der Waals surface area contributed by atoms with Crippen LogP contribution >= 0.6 is 11.8 Å². The molecule has 8 nitrogen and oxygen atoms in total. The Morgan fingerprint density at radius 1 is 1.26 bits per heavy atom. The van der Waals surface area contributed by atoms with Gasteiger partial charge in [0, 0.05) is 31.9 Å². The molecule has 1 aliphatic rings. The number of ether oxygens (including phenoxy) is 1. The zero-order chi connectivity index (χ0) is 22.5. The fourth-order valence-electron chi connectivity index (χ4n) is 2.81. The highest BCUT2D eigenvalue weighted by molar-refractivity contribution is 8.18. The minimum absolute atomic E-state index is 0.0606. The fourth-order valence-corrected chi connectivity index (χ4v) is 3.84. The van der Waals surface area contributed by atoms with Crippen LogP contribution in [-0.4, -0.2) is 41.7 Å². The van der Waals surface area contributed by atoms with Crippen LogP contribution in [0.1, 0.15) is 12.5 Å². The zero-order valence-electron chi connectivity index (χ0n) is 17.2. The lowest BCUT2D eigenvalue weighted by Crippen LogP contribution is -2.12. The fraction of sp³-hybridized carbons (Fsp3) is 0.182. The van der Waals surface area contributed by atoms with Crippen molar-refractivity contribution in [3.8, 4) is 0 Å². The van der Waals surface area contributed by atoms with E-state index in [9.17, 15) is 20.0 Å². The van der Waals surface area contributed by atoms with Crippen LogP contribution < -0.4 is 4.90 Å². The summed E-state index contributed by atoms with van der Waals surface area (Å²) in [6.45, 7) is 1.80. The summed E-state index contributed by atoms with van der Waals surface area (Å²) in [6, 6.07) is 13.4. The number of aliphatic hydroxyl groups is 1. The highest BCUT2D eigenvalue weighted by atomic mass is 32.2. The van der Waals surface area contributed by atoms with Crippen LogP contribution in [0.2, 0.25) is 0 Å². The van der Waals surface area contributed by atoms with Crippen LogP contribution in [0.4, 0.5) is 17.1 Å². The number of thioether (sulfide) groups is 1. The summed E-state index contributed by atoms with van der Waals surface area (Å²) in [6.07, 6.45) is 1.74. The molecule has 1 aliphatic heterocycles. The lowest BCUT2D eigenvalue weighted by Gasteiger charge is -2.11. The van der Waals surface area contributed by atoms with E-state index in [-0.39, 0.29) is 28.7 Å². The van der Waals surface area contributed by atoms with Crippen molar-refractivity contribution in [3.05, 3.63) is 80.4 Å². The van der Waals surface area contributed by atoms with Crippen LogP contribution in [0.5, 0.6) is 0 Å². The van der Waals surface area contributed by atoms with E-state index in [2.05, 4.69) is 4.99 Å². The number of aliphatic hydroxyl groups excluding tert-OH is 1. The number of rotatable bonds is 6. The second kappa shape index (κ2) is 9.48. The molecule has 160 valence electrons. The molecule has 1 heterocycles. The Morgan fingerprint density at radius 2 is 1.97 bits per heavy atom. The lowest BCUT2D eigenvalue weighted by atomic mass is 10.1. The largest absolute Gasteiger partial charge is 0.506 e. The van der Waals surface area contributed by atoms with Gasteiger partial charge in [0.05, 0.1) is 22.1 Å². The molecular weight excluding hydrogens is 418 g/mol. The normalized spacial score (nSPS) is 16.1. The van der Waals surface area contributed by atoms with E-state index in [0.717, 1.165) is 23.0 Å². The number of benzene rings is 2. The Morgan fingerprint density at radius 3 is 2.58 bits per heavy atom. The lowest BCUT2D eigenvalue weighted by molar-refractivity contribution is -0.384. The number of non-ortho nitro benzene ring substituents is 1. The van der Waals surface area contributed by atoms with Gasteiger partial charge in [-0.1, -0.05) is 30.0 Å². The molecule has 9 heteroatoms. The van der Waals surface area contributed by atoms with Crippen LogP contribution in [0.25, 0.3) is 6.08 Å². The third-order valence-electron chi connectivity index (χ3n) is 4.35. The maximum Gasteiger partial charge on any atom is 0.344 e. The number of hydrogen-bond donors (Lipinski definition) is 1. The van der Waals surface area contributed by atoms with Gasteiger partial charge in [0.25, 0.3) is 5.69 Å². The Labute approximate surface area is 183 Å². The third kappa shape index (κ3) is 5.13. The maximum atomic E-state index is 12.5. The van der Waals surface area contributed by atoms with Gasteiger partial charge in [0.1, 0.15) is 16.4 Å². The quantitative estimate of drug-likeness (QED) is 0.389. The van der Waals surface area contributed by atoms with Gasteiger partial charge in [0.2, 0.25) is 0 Å². The average Bonchev–Trinajstić information content (AvgIpc) is 3.03. The van der Waals surface area contributed by atoms with E-state index in [1.807, 2.05) is 43.3 Å². The molecule has 0 atom stereocenters. The summed E-state index contributed by atoms with van der Waals surface area (Å²) in [5, 5.41) is 22.0. The number of hydrogen-bond acceptors (Lipinski definition) is 8. The smallest absolute Gasteiger partial charge is 0.344 e. The summed E-state index contributed by atoms with van der Waals surface area (Å²) in [4.78, 5) is 29.8. The van der Waals surface area contributed by atoms with Gasteiger partial charge in [-0.15, -0.1) is 0 Å². The van der Waals surface area contributed by atoms with Gasteiger partial charge < -0.3 is 14.7 Å². The second-order valence-corrected chi connectivity index (χ2v) is 7.77. The Balaban J connectivity index is 2.01. The Hall–Kier alpha value is -3.59. The van der Waals surface area contributed by atoms with Crippen molar-refractivity contribution < 1.29 is 19.6 Å². The van der Waals surface area contributed by atoms with E-state index >= 15 is 0 Å². The number of carbonyl (C=O) groups is 1. The van der Waals surface area contributed by atoms with Crippen molar-refractivity contribution in [2.45, 2.75) is 6.92 Å². The maximum absolute atomic E-state index is 12.5. The standard InChI is InChI=1S/C22H21N3O5S/c1-4-30-22(27)19-20(26)18(12-14-8-10-16(11-9-14)24(2)3)31-21(19)23-15-6-5-7-17(13-15)25(28)29/h5-13,26H,4H2,1-3H3/b18-12+,23-21?. The number of carbonyl (C=O) groups excluding carboxylic acids is 1. The molecule has 0 saturated carbocycles. The van der Waals surface area contributed by atoms with Crippen LogP contribution in [0.3, 0.4) is 0 Å². The number of nitrogens with zero attached hydrogens (tertiary/aromatic N) is 3. The minimum Gasteiger partial charge on any atom is -0.506 e. The summed E-state index contributed by atoms with van der Waals surface area (Å²) < 4.78 is 5.07. The highest BCUT2D eigenvalue weighted by Crippen LogP contribution is 2.40. The van der Waals surface area contributed by atoms with Crippen molar-refractivity contribution in [2.75, 3.05) is 25.6 Å². The summed E-state index contributed by atoms with van der Waals surface area (Å²) in [7, 11) is 3.88. The molecule has 1 N–H and O–H groups in total. The van der Waals surface area contributed by atoms with Gasteiger partial charge in [-0.3, -0.25) is 10.1 Å². The molecular formula is C22H21N3O5S. The van der Waals surface area contributed by atoms with Crippen molar-refractivity contribution in [1.82, 2.24) is 0 Å². The first-order valence-corrected chi connectivity index (χ1v) is 10.2. The number of nitro benzene ring substituents is 1. The van der Waals surface area contributed by atoms with Crippen LogP contribution in [0, 0.1) is 10.1 Å². The van der Waals surface area contributed by atoms with E-state index in [1.165, 1.54) is 18.2 Å². The molecule has 0 unspecified atom stereocenters. The topological polar surface area (TPSA) is 105 Å². The van der Waals surface area contributed by atoms with E-state index < -0.39 is 10.9 Å². The molecule has 0 spiro atoms. The molecule has 0 aliphatic carbocycles. The molecule has 0 fully saturated rings. The summed E-state index contributed by atoms with van der Waals surface area (Å²) in [5.74, 6) is -0.938. The Bertz CT molecular complexity index is 1100. The molecule has 0 amide bonds.